The van der Waals surface area contributed by atoms with E-state index in [1.54, 1.807) is 24.3 Å². The molecule has 124 valence electrons. The minimum absolute atomic E-state index is 0.0772. The van der Waals surface area contributed by atoms with Crippen LogP contribution >= 0.6 is 11.6 Å². The molecule has 0 amide bonds. The van der Waals surface area contributed by atoms with Crippen LogP contribution in [0.25, 0.3) is 11.3 Å². The molecule has 24 heavy (non-hydrogen) atoms. The van der Waals surface area contributed by atoms with Crippen molar-refractivity contribution in [1.82, 2.24) is 4.98 Å². The number of anilines is 1. The fraction of sp³-hybridized carbons (Fsp3) is 0.176. The molecule has 2 heterocycles. The Labute approximate surface area is 143 Å². The number of hydrogen-bond donors (Lipinski definition) is 1. The van der Waals surface area contributed by atoms with Gasteiger partial charge in [-0.2, -0.15) is 0 Å². The number of nitrogen functional groups attached to an aromatic ring is 1. The summed E-state index contributed by atoms with van der Waals surface area (Å²) < 4.78 is 15.8. The van der Waals surface area contributed by atoms with Crippen molar-refractivity contribution in [3.63, 3.8) is 0 Å². The third-order valence-electron chi connectivity index (χ3n) is 3.39. The van der Waals surface area contributed by atoms with Crippen molar-refractivity contribution in [2.75, 3.05) is 25.7 Å². The number of benzene rings is 1. The van der Waals surface area contributed by atoms with Gasteiger partial charge in [0.05, 0.1) is 23.0 Å². The van der Waals surface area contributed by atoms with Gasteiger partial charge in [-0.15, -0.1) is 6.58 Å². The van der Waals surface area contributed by atoms with E-state index in [0.717, 1.165) is 5.56 Å². The molecule has 6 nitrogen and oxygen atoms in total. The number of ketones is 1. The molecule has 1 aliphatic heterocycles. The number of hydrogen-bond acceptors (Lipinski definition) is 6. The molecule has 3 rings (SSSR count). The van der Waals surface area contributed by atoms with E-state index >= 15 is 0 Å². The summed E-state index contributed by atoms with van der Waals surface area (Å²) in [5.41, 5.74) is 7.53. The summed E-state index contributed by atoms with van der Waals surface area (Å²) in [5.74, 6) is 0.927. The normalized spacial score (nSPS) is 12.2. The average Bonchev–Trinajstić information content (AvgIpc) is 3.04. The van der Waals surface area contributed by atoms with Crippen molar-refractivity contribution in [3.8, 4) is 22.8 Å². The molecule has 0 radical (unpaired) electrons. The largest absolute Gasteiger partial charge is 0.454 e. The van der Waals surface area contributed by atoms with Gasteiger partial charge in [0, 0.05) is 5.56 Å². The van der Waals surface area contributed by atoms with Gasteiger partial charge in [0.1, 0.15) is 12.3 Å². The monoisotopic (exact) mass is 346 g/mol. The van der Waals surface area contributed by atoms with Crippen molar-refractivity contribution in [2.45, 2.75) is 0 Å². The lowest BCUT2D eigenvalue weighted by molar-refractivity contribution is 0.0801. The molecule has 0 atom stereocenters. The molecule has 0 bridgehead atoms. The fourth-order valence-electron chi connectivity index (χ4n) is 2.24. The smallest absolute Gasteiger partial charge is 0.231 e. The van der Waals surface area contributed by atoms with Crippen molar-refractivity contribution < 1.29 is 19.0 Å². The lowest BCUT2D eigenvalue weighted by Gasteiger charge is -2.10. The highest BCUT2D eigenvalue weighted by Gasteiger charge is 2.19. The molecule has 1 aromatic carbocycles. The predicted octanol–water partition coefficient (Wildman–Crippen LogP) is 3.10. The molecule has 2 N–H and O–H groups in total. The third-order valence-corrected chi connectivity index (χ3v) is 3.78. The number of nitrogens with two attached hydrogens (primary N) is 1. The van der Waals surface area contributed by atoms with E-state index < -0.39 is 0 Å². The minimum Gasteiger partial charge on any atom is -0.454 e. The number of ether oxygens (including phenoxy) is 3. The zero-order chi connectivity index (χ0) is 17.1. The van der Waals surface area contributed by atoms with E-state index in [0.29, 0.717) is 17.2 Å². The van der Waals surface area contributed by atoms with Crippen molar-refractivity contribution in [3.05, 3.63) is 47.6 Å². The molecule has 0 fully saturated rings. The summed E-state index contributed by atoms with van der Waals surface area (Å²) in [6, 6.07) is 6.98. The second-order valence-corrected chi connectivity index (χ2v) is 5.43. The number of nitrogens with zero attached hydrogens (tertiary/aromatic N) is 1. The Bertz CT molecular complexity index is 807. The molecule has 0 saturated heterocycles. The van der Waals surface area contributed by atoms with Crippen molar-refractivity contribution >= 4 is 23.1 Å². The maximum Gasteiger partial charge on any atom is 0.231 e. The van der Waals surface area contributed by atoms with Gasteiger partial charge in [-0.3, -0.25) is 4.79 Å². The maximum absolute atomic E-state index is 12.3. The van der Waals surface area contributed by atoms with Gasteiger partial charge >= 0.3 is 0 Å². The molecule has 7 heteroatoms. The van der Waals surface area contributed by atoms with Gasteiger partial charge in [-0.1, -0.05) is 17.7 Å². The highest BCUT2D eigenvalue weighted by Crippen LogP contribution is 2.36. The zero-order valence-electron chi connectivity index (χ0n) is 12.8. The number of pyridine rings is 1. The first-order chi connectivity index (χ1) is 11.6. The summed E-state index contributed by atoms with van der Waals surface area (Å²) in [6.07, 6.45) is 1.56. The predicted molar refractivity (Wildman–Crippen MR) is 90.6 cm³/mol. The summed E-state index contributed by atoms with van der Waals surface area (Å²) in [5, 5.41) is 0.117. The van der Waals surface area contributed by atoms with Gasteiger partial charge in [0.25, 0.3) is 0 Å². The minimum atomic E-state index is -0.351. The van der Waals surface area contributed by atoms with E-state index in [1.165, 1.54) is 0 Å². The van der Waals surface area contributed by atoms with Crippen LogP contribution in [-0.2, 0) is 4.74 Å². The molecule has 0 aliphatic carbocycles. The zero-order valence-corrected chi connectivity index (χ0v) is 13.5. The first-order valence-corrected chi connectivity index (χ1v) is 7.56. The van der Waals surface area contributed by atoms with Crippen LogP contribution in [0.4, 0.5) is 5.69 Å². The van der Waals surface area contributed by atoms with Crippen LogP contribution in [0.5, 0.6) is 11.5 Å². The van der Waals surface area contributed by atoms with Gasteiger partial charge in [0.2, 0.25) is 12.6 Å². The van der Waals surface area contributed by atoms with Crippen LogP contribution in [0.3, 0.4) is 0 Å². The number of aromatic nitrogens is 1. The Balaban J connectivity index is 1.94. The van der Waals surface area contributed by atoms with E-state index in [9.17, 15) is 4.79 Å². The average molecular weight is 347 g/mol. The standard InChI is InChI=1S/C17H15ClN2O4/c1-2-5-22-8-13(21)17-16(18)11(19)7-12(20-17)10-3-4-14-15(6-10)24-9-23-14/h2-4,6-7H,1,5,8-9H2,(H2,19,20). The topological polar surface area (TPSA) is 83.7 Å². The van der Waals surface area contributed by atoms with E-state index in [1.807, 2.05) is 6.07 Å². The van der Waals surface area contributed by atoms with Gasteiger partial charge < -0.3 is 19.9 Å². The molecule has 1 aliphatic rings. The van der Waals surface area contributed by atoms with Crippen LogP contribution in [0.15, 0.2) is 36.9 Å². The summed E-state index contributed by atoms with van der Waals surface area (Å²) >= 11 is 6.13. The lowest BCUT2D eigenvalue weighted by Crippen LogP contribution is -2.13. The van der Waals surface area contributed by atoms with Crippen LogP contribution in [0.2, 0.25) is 5.02 Å². The number of Topliss-reactive ketones (excluding diaryl/α,β-unsaturated/α-hetero) is 1. The second-order valence-electron chi connectivity index (χ2n) is 5.05. The van der Waals surface area contributed by atoms with Crippen LogP contribution in [-0.4, -0.2) is 30.8 Å². The first-order valence-electron chi connectivity index (χ1n) is 7.18. The number of halogens is 1. The van der Waals surface area contributed by atoms with Crippen molar-refractivity contribution in [2.24, 2.45) is 0 Å². The van der Waals surface area contributed by atoms with Crippen LogP contribution in [0.1, 0.15) is 10.5 Å². The van der Waals surface area contributed by atoms with Gasteiger partial charge in [-0.05, 0) is 24.3 Å². The molecular weight excluding hydrogens is 332 g/mol. The fourth-order valence-corrected chi connectivity index (χ4v) is 2.44. The summed E-state index contributed by atoms with van der Waals surface area (Å²) in [4.78, 5) is 16.6. The number of fused-ring (bicyclic) bond motifs is 1. The van der Waals surface area contributed by atoms with Gasteiger partial charge in [0.15, 0.2) is 11.5 Å². The first kappa shape index (κ1) is 16.3. The number of carbonyl (C=O) groups excluding carboxylic acids is 1. The Kier molecular flexibility index (Phi) is 4.69. The Hall–Kier alpha value is -2.57. The maximum atomic E-state index is 12.3. The Morgan fingerprint density at radius 2 is 2.17 bits per heavy atom. The third kappa shape index (κ3) is 3.20. The quantitative estimate of drug-likeness (QED) is 0.491. The van der Waals surface area contributed by atoms with E-state index in [-0.39, 0.29) is 42.2 Å². The molecule has 2 aromatic rings. The lowest BCUT2D eigenvalue weighted by atomic mass is 10.1. The highest BCUT2D eigenvalue weighted by molar-refractivity contribution is 6.36. The molecular formula is C17H15ClN2O4. The molecule has 0 spiro atoms. The summed E-state index contributed by atoms with van der Waals surface area (Å²) in [7, 11) is 0. The van der Waals surface area contributed by atoms with Crippen LogP contribution < -0.4 is 15.2 Å². The van der Waals surface area contributed by atoms with Crippen molar-refractivity contribution in [1.29, 1.82) is 0 Å². The Morgan fingerprint density at radius 1 is 1.38 bits per heavy atom. The van der Waals surface area contributed by atoms with Gasteiger partial charge in [-0.25, -0.2) is 4.98 Å². The highest BCUT2D eigenvalue weighted by atomic mass is 35.5. The number of carbonyl (C=O) groups is 1. The Morgan fingerprint density at radius 3 is 2.96 bits per heavy atom. The molecule has 0 saturated carbocycles. The van der Waals surface area contributed by atoms with Crippen LogP contribution in [0, 0.1) is 0 Å². The number of rotatable bonds is 6. The second kappa shape index (κ2) is 6.90. The molecule has 1 aromatic heterocycles. The molecule has 0 unspecified atom stereocenters. The SMILES string of the molecule is C=CCOCC(=O)c1nc(-c2ccc3c(c2)OCO3)cc(N)c1Cl. The summed E-state index contributed by atoms with van der Waals surface area (Å²) in [6.45, 7) is 3.82. The van der Waals surface area contributed by atoms with E-state index in [4.69, 9.17) is 31.5 Å². The van der Waals surface area contributed by atoms with E-state index in [2.05, 4.69) is 11.6 Å².